The number of aryl methyl sites for hydroxylation is 1. The van der Waals surface area contributed by atoms with Crippen molar-refractivity contribution in [3.8, 4) is 11.3 Å². The van der Waals surface area contributed by atoms with Gasteiger partial charge in [0.25, 0.3) is 5.56 Å². The number of hydrogen-bond acceptors (Lipinski definition) is 5. The molecule has 1 N–H and O–H groups in total. The molecular weight excluding hydrogens is 552 g/mol. The lowest BCUT2D eigenvalue weighted by Gasteiger charge is -2.34. The number of sulfonamides is 1. The van der Waals surface area contributed by atoms with Crippen molar-refractivity contribution in [2.45, 2.75) is 51.2 Å². The van der Waals surface area contributed by atoms with Gasteiger partial charge in [-0.1, -0.05) is 32.0 Å². The average Bonchev–Trinajstić information content (AvgIpc) is 3.41. The maximum Gasteiger partial charge on any atom is 0.331 e. The lowest BCUT2D eigenvalue weighted by atomic mass is 10.1. The maximum atomic E-state index is 14.0. The topological polar surface area (TPSA) is 100 Å². The second-order valence-corrected chi connectivity index (χ2v) is 12.2. The van der Waals surface area contributed by atoms with Crippen molar-refractivity contribution in [2.75, 3.05) is 26.2 Å². The first kappa shape index (κ1) is 28.9. The molecule has 1 aliphatic heterocycles. The van der Waals surface area contributed by atoms with Gasteiger partial charge in [0.2, 0.25) is 10.0 Å². The van der Waals surface area contributed by atoms with Crippen LogP contribution in [0.5, 0.6) is 0 Å². The number of nitrogens with zero attached hydrogens (tertiary/aromatic N) is 4. The molecule has 0 spiro atoms. The van der Waals surface area contributed by atoms with E-state index in [2.05, 4.69) is 4.98 Å². The van der Waals surface area contributed by atoms with E-state index < -0.39 is 21.7 Å². The highest BCUT2D eigenvalue weighted by molar-refractivity contribution is 7.89. The summed E-state index contributed by atoms with van der Waals surface area (Å²) in [6.45, 7) is 6.26. The molecule has 3 heterocycles. The zero-order valence-corrected chi connectivity index (χ0v) is 23.9. The van der Waals surface area contributed by atoms with Gasteiger partial charge < -0.3 is 4.98 Å². The number of H-pyrrole nitrogens is 1. The third-order valence-corrected chi connectivity index (χ3v) is 9.36. The van der Waals surface area contributed by atoms with Crippen LogP contribution in [0.25, 0.3) is 22.3 Å². The lowest BCUT2D eigenvalue weighted by Crippen LogP contribution is -2.48. The van der Waals surface area contributed by atoms with Gasteiger partial charge in [-0.2, -0.15) is 4.31 Å². The molecule has 0 atom stereocenters. The SMILES string of the molecule is CCCn1c(=O)c2[nH]c(-c3ccc(S(=O)(=O)N4CCN(Cc5ccc(F)cc5F)CC4)cc3)cc2n(CCC)c1=O. The Bertz CT molecular complexity index is 1790. The zero-order chi connectivity index (χ0) is 29.3. The van der Waals surface area contributed by atoms with Crippen LogP contribution in [0.1, 0.15) is 32.3 Å². The number of aromatic nitrogens is 3. The molecular formula is C29H33F2N5O4S. The summed E-state index contributed by atoms with van der Waals surface area (Å²) in [4.78, 5) is 31.3. The number of aromatic amines is 1. The Labute approximate surface area is 236 Å². The molecule has 1 saturated heterocycles. The summed E-state index contributed by atoms with van der Waals surface area (Å²) in [6, 6.07) is 11.7. The van der Waals surface area contributed by atoms with E-state index in [4.69, 9.17) is 0 Å². The van der Waals surface area contributed by atoms with Crippen LogP contribution < -0.4 is 11.2 Å². The van der Waals surface area contributed by atoms with Gasteiger partial charge in [0.15, 0.2) is 0 Å². The number of benzene rings is 2. The molecule has 2 aromatic heterocycles. The molecule has 2 aromatic carbocycles. The minimum Gasteiger partial charge on any atom is -0.349 e. The van der Waals surface area contributed by atoms with Crippen molar-refractivity contribution in [3.05, 3.63) is 86.6 Å². The molecule has 0 radical (unpaired) electrons. The van der Waals surface area contributed by atoms with Crippen LogP contribution >= 0.6 is 0 Å². The Morgan fingerprint density at radius 2 is 1.51 bits per heavy atom. The van der Waals surface area contributed by atoms with E-state index in [1.54, 1.807) is 22.8 Å². The van der Waals surface area contributed by atoms with Crippen LogP contribution in [0.15, 0.2) is 63.0 Å². The lowest BCUT2D eigenvalue weighted by molar-refractivity contribution is 0.180. The van der Waals surface area contributed by atoms with Crippen molar-refractivity contribution in [2.24, 2.45) is 0 Å². The first-order chi connectivity index (χ1) is 19.6. The third kappa shape index (κ3) is 5.64. The van der Waals surface area contributed by atoms with E-state index in [-0.39, 0.29) is 35.8 Å². The first-order valence-electron chi connectivity index (χ1n) is 13.8. The van der Waals surface area contributed by atoms with Crippen LogP contribution in [0, 0.1) is 11.6 Å². The van der Waals surface area contributed by atoms with Crippen LogP contribution in [-0.2, 0) is 29.7 Å². The molecule has 0 bridgehead atoms. The summed E-state index contributed by atoms with van der Waals surface area (Å²) in [6.07, 6.45) is 1.38. The fourth-order valence-electron chi connectivity index (χ4n) is 5.28. The fraction of sp³-hybridized carbons (Fsp3) is 0.379. The van der Waals surface area contributed by atoms with Gasteiger partial charge in [-0.3, -0.25) is 18.8 Å². The summed E-state index contributed by atoms with van der Waals surface area (Å²) < 4.78 is 58.2. The highest BCUT2D eigenvalue weighted by Gasteiger charge is 2.29. The number of nitrogens with one attached hydrogen (secondary N) is 1. The predicted octanol–water partition coefficient (Wildman–Crippen LogP) is 3.76. The summed E-state index contributed by atoms with van der Waals surface area (Å²) in [7, 11) is -3.76. The van der Waals surface area contributed by atoms with Gasteiger partial charge in [0, 0.05) is 63.1 Å². The number of piperazine rings is 1. The molecule has 0 aliphatic carbocycles. The Morgan fingerprint density at radius 3 is 2.15 bits per heavy atom. The zero-order valence-electron chi connectivity index (χ0n) is 23.1. The molecule has 41 heavy (non-hydrogen) atoms. The summed E-state index contributed by atoms with van der Waals surface area (Å²) >= 11 is 0. The van der Waals surface area contributed by atoms with Gasteiger partial charge in [0.1, 0.15) is 17.2 Å². The van der Waals surface area contributed by atoms with Crippen LogP contribution in [0.2, 0.25) is 0 Å². The van der Waals surface area contributed by atoms with E-state index in [0.29, 0.717) is 60.5 Å². The number of hydrogen-bond donors (Lipinski definition) is 1. The monoisotopic (exact) mass is 585 g/mol. The molecule has 0 amide bonds. The molecule has 1 aliphatic rings. The second kappa shape index (κ2) is 11.7. The van der Waals surface area contributed by atoms with E-state index in [1.807, 2.05) is 18.7 Å². The Morgan fingerprint density at radius 1 is 0.854 bits per heavy atom. The van der Waals surface area contributed by atoms with Crippen molar-refractivity contribution in [1.82, 2.24) is 23.3 Å². The minimum absolute atomic E-state index is 0.142. The highest BCUT2D eigenvalue weighted by Crippen LogP contribution is 2.26. The quantitative estimate of drug-likeness (QED) is 0.323. The van der Waals surface area contributed by atoms with E-state index >= 15 is 0 Å². The van der Waals surface area contributed by atoms with Gasteiger partial charge in [-0.25, -0.2) is 22.0 Å². The molecule has 9 nitrogen and oxygen atoms in total. The standard InChI is InChI=1S/C29H33F2N5O4S/c1-3-11-35-26-18-25(32-27(26)28(37)36(12-4-2)29(35)38)20-6-9-23(10-7-20)41(39,40)34-15-13-33(14-16-34)19-21-5-8-22(30)17-24(21)31/h5-10,17-18,32H,3-4,11-16,19H2,1-2H3. The van der Waals surface area contributed by atoms with Crippen molar-refractivity contribution in [3.63, 3.8) is 0 Å². The van der Waals surface area contributed by atoms with Crippen LogP contribution in [0.4, 0.5) is 8.78 Å². The third-order valence-electron chi connectivity index (χ3n) is 7.45. The molecule has 0 saturated carbocycles. The summed E-state index contributed by atoms with van der Waals surface area (Å²) in [5.74, 6) is -1.25. The molecule has 1 fully saturated rings. The number of halogens is 2. The molecule has 0 unspecified atom stereocenters. The van der Waals surface area contributed by atoms with E-state index in [9.17, 15) is 26.8 Å². The van der Waals surface area contributed by atoms with Gasteiger partial charge in [0.05, 0.1) is 10.4 Å². The first-order valence-corrected chi connectivity index (χ1v) is 15.2. The van der Waals surface area contributed by atoms with Gasteiger partial charge in [-0.05, 0) is 42.7 Å². The predicted molar refractivity (Wildman–Crippen MR) is 153 cm³/mol. The minimum atomic E-state index is -3.76. The number of rotatable bonds is 9. The fourth-order valence-corrected chi connectivity index (χ4v) is 6.70. The van der Waals surface area contributed by atoms with Crippen molar-refractivity contribution < 1.29 is 17.2 Å². The largest absolute Gasteiger partial charge is 0.349 e. The van der Waals surface area contributed by atoms with E-state index in [0.717, 1.165) is 12.5 Å². The van der Waals surface area contributed by atoms with Gasteiger partial charge >= 0.3 is 5.69 Å². The Balaban J connectivity index is 1.34. The van der Waals surface area contributed by atoms with Crippen LogP contribution in [-0.4, -0.2) is 57.9 Å². The number of fused-ring (bicyclic) bond motifs is 1. The highest BCUT2D eigenvalue weighted by atomic mass is 32.2. The molecule has 218 valence electrons. The molecule has 4 aromatic rings. The molecule has 12 heteroatoms. The van der Waals surface area contributed by atoms with Crippen LogP contribution in [0.3, 0.4) is 0 Å². The van der Waals surface area contributed by atoms with E-state index in [1.165, 1.54) is 33.1 Å². The normalized spacial score (nSPS) is 15.1. The summed E-state index contributed by atoms with van der Waals surface area (Å²) in [5, 5.41) is 0. The Hall–Kier alpha value is -3.61. The smallest absolute Gasteiger partial charge is 0.331 e. The Kier molecular flexibility index (Phi) is 8.25. The molecule has 5 rings (SSSR count). The second-order valence-electron chi connectivity index (χ2n) is 10.3. The van der Waals surface area contributed by atoms with Gasteiger partial charge in [-0.15, -0.1) is 0 Å². The average molecular weight is 586 g/mol. The summed E-state index contributed by atoms with van der Waals surface area (Å²) in [5.41, 5.74) is 1.83. The maximum absolute atomic E-state index is 14.0. The van der Waals surface area contributed by atoms with Crippen molar-refractivity contribution >= 4 is 21.1 Å². The van der Waals surface area contributed by atoms with Crippen molar-refractivity contribution in [1.29, 1.82) is 0 Å².